The van der Waals surface area contributed by atoms with E-state index in [1.54, 1.807) is 6.07 Å². The molecule has 0 amide bonds. The van der Waals surface area contributed by atoms with Gasteiger partial charge < -0.3 is 34.8 Å². The Labute approximate surface area is 176 Å². The van der Waals surface area contributed by atoms with E-state index in [0.29, 0.717) is 17.9 Å². The number of aliphatic hydroxyl groups excluding tert-OH is 4. The third kappa shape index (κ3) is 4.04. The van der Waals surface area contributed by atoms with Crippen molar-refractivity contribution in [2.75, 3.05) is 24.7 Å². The average molecular weight is 415 g/mol. The summed E-state index contributed by atoms with van der Waals surface area (Å²) in [4.78, 5) is 2.25. The van der Waals surface area contributed by atoms with Gasteiger partial charge in [-0.05, 0) is 35.2 Å². The van der Waals surface area contributed by atoms with Crippen molar-refractivity contribution in [2.45, 2.75) is 50.4 Å². The van der Waals surface area contributed by atoms with Crippen LogP contribution in [0.5, 0.6) is 5.75 Å². The monoisotopic (exact) mass is 415 g/mol. The summed E-state index contributed by atoms with van der Waals surface area (Å²) in [6, 6.07) is 14.2. The number of hydrogen-bond acceptors (Lipinski definition) is 7. The highest BCUT2D eigenvalue weighted by atomic mass is 16.5. The molecule has 4 rings (SSSR count). The molecule has 5 atom stereocenters. The van der Waals surface area contributed by atoms with Crippen molar-refractivity contribution in [3.05, 3.63) is 59.2 Å². The highest BCUT2D eigenvalue weighted by Crippen LogP contribution is 2.39. The van der Waals surface area contributed by atoms with Crippen LogP contribution in [0.3, 0.4) is 0 Å². The number of aryl methyl sites for hydroxylation is 1. The Hall–Kier alpha value is -2.16. The molecule has 7 heteroatoms. The van der Waals surface area contributed by atoms with Crippen molar-refractivity contribution in [3.8, 4) is 5.75 Å². The van der Waals surface area contributed by atoms with Crippen LogP contribution in [0.1, 0.15) is 29.7 Å². The molecule has 2 aromatic carbocycles. The first-order valence-corrected chi connectivity index (χ1v) is 10.4. The van der Waals surface area contributed by atoms with Gasteiger partial charge in [0.25, 0.3) is 0 Å². The third-order valence-electron chi connectivity index (χ3n) is 5.97. The standard InChI is InChI=1S/C23H29NO6/c1-2-14-3-5-15(6-4-14)12-24-9-10-29-18-11-16(7-8-17(18)24)23-22(28)21(27)20(26)19(13-25)30-23/h3-8,11,19-23,25-28H,2,9-10,12-13H2,1H3/t19-,20-,21+,22-,23+/m1/s1. The number of fused-ring (bicyclic) bond motifs is 1. The number of aliphatic hydroxyl groups is 4. The smallest absolute Gasteiger partial charge is 0.143 e. The summed E-state index contributed by atoms with van der Waals surface area (Å²) < 4.78 is 11.5. The second-order valence-electron chi connectivity index (χ2n) is 7.92. The number of benzene rings is 2. The maximum atomic E-state index is 10.4. The number of ether oxygens (including phenoxy) is 2. The Morgan fingerprint density at radius 1 is 0.967 bits per heavy atom. The molecule has 0 saturated carbocycles. The lowest BCUT2D eigenvalue weighted by atomic mass is 9.91. The number of rotatable bonds is 5. The van der Waals surface area contributed by atoms with Crippen molar-refractivity contribution in [2.24, 2.45) is 0 Å². The van der Waals surface area contributed by atoms with Crippen LogP contribution in [-0.4, -0.2) is 64.6 Å². The summed E-state index contributed by atoms with van der Waals surface area (Å²) in [5.41, 5.74) is 4.11. The Morgan fingerprint density at radius 2 is 1.70 bits per heavy atom. The molecule has 2 aliphatic heterocycles. The van der Waals surface area contributed by atoms with Crippen molar-refractivity contribution in [1.82, 2.24) is 0 Å². The van der Waals surface area contributed by atoms with Gasteiger partial charge in [-0.15, -0.1) is 0 Å². The highest BCUT2D eigenvalue weighted by Gasteiger charge is 2.44. The molecule has 0 aromatic heterocycles. The Kier molecular flexibility index (Phi) is 6.26. The van der Waals surface area contributed by atoms with Crippen LogP contribution < -0.4 is 9.64 Å². The lowest BCUT2D eigenvalue weighted by Gasteiger charge is -2.40. The van der Waals surface area contributed by atoms with Crippen molar-refractivity contribution < 1.29 is 29.9 Å². The van der Waals surface area contributed by atoms with Gasteiger partial charge >= 0.3 is 0 Å². The van der Waals surface area contributed by atoms with Gasteiger partial charge in [0, 0.05) is 6.54 Å². The molecule has 0 unspecified atom stereocenters. The van der Waals surface area contributed by atoms with Gasteiger partial charge in [0.1, 0.15) is 42.9 Å². The van der Waals surface area contributed by atoms with E-state index in [1.165, 1.54) is 11.1 Å². The third-order valence-corrected chi connectivity index (χ3v) is 5.97. The van der Waals surface area contributed by atoms with Crippen molar-refractivity contribution >= 4 is 5.69 Å². The summed E-state index contributed by atoms with van der Waals surface area (Å²) in [6.45, 7) is 3.76. The zero-order chi connectivity index (χ0) is 21.3. The second-order valence-corrected chi connectivity index (χ2v) is 7.92. The molecule has 162 valence electrons. The predicted molar refractivity (Wildman–Crippen MR) is 112 cm³/mol. The first-order chi connectivity index (χ1) is 14.5. The fourth-order valence-electron chi connectivity index (χ4n) is 4.11. The van der Waals surface area contributed by atoms with E-state index in [-0.39, 0.29) is 0 Å². The van der Waals surface area contributed by atoms with Gasteiger partial charge in [0.15, 0.2) is 0 Å². The normalized spacial score (nSPS) is 28.7. The molecular formula is C23H29NO6. The second kappa shape index (κ2) is 8.91. The largest absolute Gasteiger partial charge is 0.490 e. The van der Waals surface area contributed by atoms with Gasteiger partial charge in [-0.25, -0.2) is 0 Å². The minimum absolute atomic E-state index is 0.451. The summed E-state index contributed by atoms with van der Waals surface area (Å²) in [5, 5.41) is 39.9. The van der Waals surface area contributed by atoms with Gasteiger partial charge in [0.05, 0.1) is 18.8 Å². The SMILES string of the molecule is CCc1ccc(CN2CCOc3cc([C@@H]4O[C@H](CO)[C@@H](O)[C@H](O)[C@H]4O)ccc32)cc1. The Balaban J connectivity index is 1.55. The minimum Gasteiger partial charge on any atom is -0.490 e. The molecule has 30 heavy (non-hydrogen) atoms. The van der Waals surface area contributed by atoms with Gasteiger partial charge in [-0.1, -0.05) is 37.3 Å². The average Bonchev–Trinajstić information content (AvgIpc) is 2.78. The summed E-state index contributed by atoms with van der Waals surface area (Å²) in [6.07, 6.45) is -4.87. The van der Waals surface area contributed by atoms with E-state index < -0.39 is 37.1 Å². The maximum absolute atomic E-state index is 10.4. The molecule has 1 fully saturated rings. The summed E-state index contributed by atoms with van der Waals surface area (Å²) in [7, 11) is 0. The van der Waals surface area contributed by atoms with Gasteiger partial charge in [0.2, 0.25) is 0 Å². The fraction of sp³-hybridized carbons (Fsp3) is 0.478. The van der Waals surface area contributed by atoms with E-state index in [0.717, 1.165) is 25.2 Å². The number of anilines is 1. The molecule has 2 aromatic rings. The van der Waals surface area contributed by atoms with Crippen LogP contribution in [-0.2, 0) is 17.7 Å². The molecule has 0 bridgehead atoms. The molecule has 0 aliphatic carbocycles. The van der Waals surface area contributed by atoms with Crippen molar-refractivity contribution in [1.29, 1.82) is 0 Å². The Morgan fingerprint density at radius 3 is 2.40 bits per heavy atom. The van der Waals surface area contributed by atoms with E-state index in [9.17, 15) is 20.4 Å². The van der Waals surface area contributed by atoms with Gasteiger partial charge in [-0.2, -0.15) is 0 Å². The van der Waals surface area contributed by atoms with Crippen LogP contribution in [0.2, 0.25) is 0 Å². The van der Waals surface area contributed by atoms with Crippen LogP contribution in [0, 0.1) is 0 Å². The van der Waals surface area contributed by atoms with E-state index >= 15 is 0 Å². The molecule has 1 saturated heterocycles. The van der Waals surface area contributed by atoms with Crippen molar-refractivity contribution in [3.63, 3.8) is 0 Å². The number of nitrogens with zero attached hydrogens (tertiary/aromatic N) is 1. The lowest BCUT2D eigenvalue weighted by molar-refractivity contribution is -0.231. The topological polar surface area (TPSA) is 103 Å². The van der Waals surface area contributed by atoms with Crippen LogP contribution in [0.15, 0.2) is 42.5 Å². The molecule has 2 aliphatic rings. The minimum atomic E-state index is -1.40. The quantitative estimate of drug-likeness (QED) is 0.581. The van der Waals surface area contributed by atoms with Crippen LogP contribution in [0.4, 0.5) is 5.69 Å². The van der Waals surface area contributed by atoms with Gasteiger partial charge in [-0.3, -0.25) is 0 Å². The summed E-state index contributed by atoms with van der Waals surface area (Å²) >= 11 is 0. The predicted octanol–water partition coefficient (Wildman–Crippen LogP) is 1.16. The van der Waals surface area contributed by atoms with E-state index in [1.807, 2.05) is 12.1 Å². The molecule has 7 nitrogen and oxygen atoms in total. The zero-order valence-electron chi connectivity index (χ0n) is 17.0. The molecule has 0 spiro atoms. The summed E-state index contributed by atoms with van der Waals surface area (Å²) in [5.74, 6) is 0.681. The first kappa shape index (κ1) is 21.1. The van der Waals surface area contributed by atoms with E-state index in [4.69, 9.17) is 9.47 Å². The highest BCUT2D eigenvalue weighted by molar-refractivity contribution is 5.61. The number of hydrogen-bond donors (Lipinski definition) is 4. The molecule has 4 N–H and O–H groups in total. The van der Waals surface area contributed by atoms with Crippen LogP contribution >= 0.6 is 0 Å². The lowest BCUT2D eigenvalue weighted by Crippen LogP contribution is -2.55. The zero-order valence-corrected chi connectivity index (χ0v) is 17.0. The molecular weight excluding hydrogens is 386 g/mol. The van der Waals surface area contributed by atoms with Crippen LogP contribution in [0.25, 0.3) is 0 Å². The van der Waals surface area contributed by atoms with E-state index in [2.05, 4.69) is 36.1 Å². The molecule has 0 radical (unpaired) electrons. The molecule has 2 heterocycles. The fourth-order valence-corrected chi connectivity index (χ4v) is 4.11. The maximum Gasteiger partial charge on any atom is 0.143 e. The Bertz CT molecular complexity index is 855. The first-order valence-electron chi connectivity index (χ1n) is 10.4.